The van der Waals surface area contributed by atoms with Gasteiger partial charge in [-0.05, 0) is 55.5 Å². The highest BCUT2D eigenvalue weighted by Crippen LogP contribution is 2.32. The maximum atomic E-state index is 11.7. The Labute approximate surface area is 181 Å². The maximum Gasteiger partial charge on any atom is 0.336 e. The molecule has 0 bridgehead atoms. The highest BCUT2D eigenvalue weighted by atomic mass is 35.5. The summed E-state index contributed by atoms with van der Waals surface area (Å²) < 4.78 is 5.77. The minimum atomic E-state index is -1.03. The molecule has 0 aliphatic rings. The molecule has 2 heterocycles. The van der Waals surface area contributed by atoms with E-state index in [0.29, 0.717) is 33.7 Å². The monoisotopic (exact) mass is 434 g/mol. The molecule has 7 nitrogen and oxygen atoms in total. The topological polar surface area (TPSA) is 106 Å². The van der Waals surface area contributed by atoms with E-state index in [4.69, 9.17) is 16.0 Å². The van der Waals surface area contributed by atoms with E-state index < -0.39 is 10.9 Å². The summed E-state index contributed by atoms with van der Waals surface area (Å²) in [4.78, 5) is 26.5. The SMILES string of the molecule is Cc1ccc2nc(C=Cc3ccc(-c4ccc([N+](=O)[O-])cc4Cl)o3)cc(C(=O)O)c2c1. The lowest BCUT2D eigenvalue weighted by Crippen LogP contribution is -2.00. The van der Waals surface area contributed by atoms with Crippen molar-refractivity contribution in [1.29, 1.82) is 0 Å². The van der Waals surface area contributed by atoms with Crippen molar-refractivity contribution in [2.45, 2.75) is 6.92 Å². The van der Waals surface area contributed by atoms with Crippen LogP contribution in [0.4, 0.5) is 5.69 Å². The Morgan fingerprint density at radius 2 is 1.94 bits per heavy atom. The van der Waals surface area contributed by atoms with Gasteiger partial charge in [0.25, 0.3) is 5.69 Å². The number of hydrogen-bond acceptors (Lipinski definition) is 5. The summed E-state index contributed by atoms with van der Waals surface area (Å²) in [6.45, 7) is 1.89. The summed E-state index contributed by atoms with van der Waals surface area (Å²) in [5.41, 5.74) is 2.61. The molecule has 0 saturated carbocycles. The third-order valence-corrected chi connectivity index (χ3v) is 5.00. The number of nitro groups is 1. The number of hydrogen-bond donors (Lipinski definition) is 1. The Hall–Kier alpha value is -3.97. The third-order valence-electron chi connectivity index (χ3n) is 4.69. The first-order valence-corrected chi connectivity index (χ1v) is 9.56. The van der Waals surface area contributed by atoms with Gasteiger partial charge in [-0.3, -0.25) is 10.1 Å². The van der Waals surface area contributed by atoms with Crippen molar-refractivity contribution in [3.8, 4) is 11.3 Å². The van der Waals surface area contributed by atoms with Crippen LogP contribution in [0.15, 0.2) is 59.0 Å². The average Bonchev–Trinajstić information content (AvgIpc) is 3.20. The van der Waals surface area contributed by atoms with Gasteiger partial charge in [0.2, 0.25) is 0 Å². The Morgan fingerprint density at radius 1 is 1.13 bits per heavy atom. The zero-order chi connectivity index (χ0) is 22.1. The number of nitrogens with zero attached hydrogens (tertiary/aromatic N) is 2. The van der Waals surface area contributed by atoms with Crippen molar-refractivity contribution in [1.82, 2.24) is 4.98 Å². The fourth-order valence-corrected chi connectivity index (χ4v) is 3.46. The van der Waals surface area contributed by atoms with Gasteiger partial charge < -0.3 is 9.52 Å². The number of carboxylic acid groups (broad SMARTS) is 1. The summed E-state index contributed by atoms with van der Waals surface area (Å²) >= 11 is 6.16. The second-order valence-corrected chi connectivity index (χ2v) is 7.28. The highest BCUT2D eigenvalue weighted by Gasteiger charge is 2.14. The number of rotatable bonds is 5. The van der Waals surface area contributed by atoms with Crippen LogP contribution in [0.5, 0.6) is 0 Å². The molecule has 0 radical (unpaired) electrons. The summed E-state index contributed by atoms with van der Waals surface area (Å²) in [5, 5.41) is 21.2. The second kappa shape index (κ2) is 8.04. The van der Waals surface area contributed by atoms with Gasteiger partial charge in [-0.25, -0.2) is 9.78 Å². The van der Waals surface area contributed by atoms with Crippen molar-refractivity contribution < 1.29 is 19.2 Å². The molecule has 2 aromatic carbocycles. The Bertz CT molecular complexity index is 1370. The summed E-state index contributed by atoms with van der Waals surface area (Å²) in [6.07, 6.45) is 3.32. The first-order chi connectivity index (χ1) is 14.8. The minimum absolute atomic E-state index is 0.104. The zero-order valence-corrected chi connectivity index (χ0v) is 17.0. The van der Waals surface area contributed by atoms with Gasteiger partial charge in [0, 0.05) is 23.1 Å². The van der Waals surface area contributed by atoms with Crippen molar-refractivity contribution >= 4 is 46.3 Å². The molecule has 0 saturated heterocycles. The molecule has 0 unspecified atom stereocenters. The van der Waals surface area contributed by atoms with Crippen LogP contribution in [-0.2, 0) is 0 Å². The first kappa shape index (κ1) is 20.3. The first-order valence-electron chi connectivity index (χ1n) is 9.19. The molecular formula is C23H15ClN2O5. The fourth-order valence-electron chi connectivity index (χ4n) is 3.19. The van der Waals surface area contributed by atoms with Crippen LogP contribution in [0.25, 0.3) is 34.4 Å². The minimum Gasteiger partial charge on any atom is -0.478 e. The van der Waals surface area contributed by atoms with Gasteiger partial charge in [-0.15, -0.1) is 0 Å². The normalized spacial score (nSPS) is 11.3. The van der Waals surface area contributed by atoms with Gasteiger partial charge in [-0.2, -0.15) is 0 Å². The molecule has 31 heavy (non-hydrogen) atoms. The number of halogens is 1. The van der Waals surface area contributed by atoms with Crippen LogP contribution in [0.2, 0.25) is 5.02 Å². The van der Waals surface area contributed by atoms with Crippen LogP contribution in [0.1, 0.15) is 27.4 Å². The van der Waals surface area contributed by atoms with Crippen LogP contribution in [0.3, 0.4) is 0 Å². The third kappa shape index (κ3) is 4.17. The predicted molar refractivity (Wildman–Crippen MR) is 118 cm³/mol. The van der Waals surface area contributed by atoms with Crippen LogP contribution >= 0.6 is 11.6 Å². The van der Waals surface area contributed by atoms with E-state index in [1.807, 2.05) is 13.0 Å². The van der Waals surface area contributed by atoms with E-state index in [-0.39, 0.29) is 16.3 Å². The van der Waals surface area contributed by atoms with Crippen molar-refractivity contribution in [3.05, 3.63) is 92.3 Å². The molecule has 4 aromatic rings. The highest BCUT2D eigenvalue weighted by molar-refractivity contribution is 6.33. The van der Waals surface area contributed by atoms with Gasteiger partial charge in [0.15, 0.2) is 0 Å². The predicted octanol–water partition coefficient (Wildman–Crippen LogP) is 6.23. The van der Waals surface area contributed by atoms with Crippen molar-refractivity contribution in [2.75, 3.05) is 0 Å². The standard InChI is InChI=1S/C23H15ClN2O5/c1-13-2-8-21-18(10-13)19(23(27)28)11-14(25-21)3-5-16-6-9-22(31-16)17-7-4-15(26(29)30)12-20(17)24/h2-12H,1H3,(H,27,28). The number of carbonyl (C=O) groups is 1. The molecule has 0 aliphatic heterocycles. The number of nitro benzene ring substituents is 1. The number of aromatic carboxylic acids is 1. The summed E-state index contributed by atoms with van der Waals surface area (Å²) in [7, 11) is 0. The van der Waals surface area contributed by atoms with E-state index in [0.717, 1.165) is 5.56 Å². The number of carboxylic acids is 1. The second-order valence-electron chi connectivity index (χ2n) is 6.88. The lowest BCUT2D eigenvalue weighted by molar-refractivity contribution is -0.384. The van der Waals surface area contributed by atoms with Gasteiger partial charge in [0.05, 0.1) is 26.7 Å². The van der Waals surface area contributed by atoms with Gasteiger partial charge >= 0.3 is 5.97 Å². The molecule has 4 rings (SSSR count). The number of non-ortho nitro benzene ring substituents is 1. The van der Waals surface area contributed by atoms with E-state index in [1.54, 1.807) is 36.4 Å². The van der Waals surface area contributed by atoms with Crippen LogP contribution in [0, 0.1) is 17.0 Å². The fraction of sp³-hybridized carbons (Fsp3) is 0.0435. The molecule has 0 atom stereocenters. The quantitative estimate of drug-likeness (QED) is 0.294. The van der Waals surface area contributed by atoms with Gasteiger partial charge in [-0.1, -0.05) is 23.2 Å². The molecule has 1 N–H and O–H groups in total. The maximum absolute atomic E-state index is 11.7. The molecule has 0 spiro atoms. The average molecular weight is 435 g/mol. The number of furan rings is 1. The molecule has 0 aliphatic carbocycles. The molecule has 0 amide bonds. The lowest BCUT2D eigenvalue weighted by Gasteiger charge is -2.05. The molecule has 0 fully saturated rings. The van der Waals surface area contributed by atoms with Gasteiger partial charge in [0.1, 0.15) is 11.5 Å². The Kier molecular flexibility index (Phi) is 5.27. The van der Waals surface area contributed by atoms with E-state index in [9.17, 15) is 20.0 Å². The number of aromatic nitrogens is 1. The van der Waals surface area contributed by atoms with Crippen molar-refractivity contribution in [3.63, 3.8) is 0 Å². The number of benzene rings is 2. The van der Waals surface area contributed by atoms with E-state index in [1.165, 1.54) is 24.3 Å². The Morgan fingerprint density at radius 3 is 2.65 bits per heavy atom. The summed E-state index contributed by atoms with van der Waals surface area (Å²) in [6, 6.07) is 14.5. The smallest absolute Gasteiger partial charge is 0.336 e. The van der Waals surface area contributed by atoms with E-state index >= 15 is 0 Å². The number of pyridine rings is 1. The largest absolute Gasteiger partial charge is 0.478 e. The lowest BCUT2D eigenvalue weighted by atomic mass is 10.1. The Balaban J connectivity index is 1.65. The van der Waals surface area contributed by atoms with E-state index in [2.05, 4.69) is 4.98 Å². The molecule has 8 heteroatoms. The molecule has 2 aromatic heterocycles. The van der Waals surface area contributed by atoms with Crippen LogP contribution in [-0.4, -0.2) is 21.0 Å². The summed E-state index contributed by atoms with van der Waals surface area (Å²) in [5.74, 6) is -0.0828. The number of aryl methyl sites for hydroxylation is 1. The molecule has 154 valence electrons. The molecular weight excluding hydrogens is 420 g/mol. The number of fused-ring (bicyclic) bond motifs is 1. The van der Waals surface area contributed by atoms with Crippen LogP contribution < -0.4 is 0 Å². The zero-order valence-electron chi connectivity index (χ0n) is 16.2. The van der Waals surface area contributed by atoms with Crippen molar-refractivity contribution in [2.24, 2.45) is 0 Å².